The maximum absolute atomic E-state index is 10.6. The lowest BCUT2D eigenvalue weighted by Gasteiger charge is -2.19. The second kappa shape index (κ2) is 4.97. The van der Waals surface area contributed by atoms with Gasteiger partial charge in [0.15, 0.2) is 0 Å². The summed E-state index contributed by atoms with van der Waals surface area (Å²) in [5, 5.41) is 19.9. The van der Waals surface area contributed by atoms with Crippen LogP contribution in [-0.2, 0) is 4.79 Å². The van der Waals surface area contributed by atoms with Gasteiger partial charge >= 0.3 is 5.97 Å². The van der Waals surface area contributed by atoms with Crippen LogP contribution in [0.25, 0.3) is 4.91 Å². The first-order valence-electron chi connectivity index (χ1n) is 4.97. The van der Waals surface area contributed by atoms with Gasteiger partial charge in [-0.1, -0.05) is 23.9 Å². The largest absolute Gasteiger partial charge is 0.508 e. The number of thioether (sulfide) groups is 1. The highest BCUT2D eigenvalue weighted by Gasteiger charge is 2.10. The molecule has 1 aromatic carbocycles. The molecule has 2 N–H and O–H groups in total. The van der Waals surface area contributed by atoms with Crippen LogP contribution >= 0.6 is 11.8 Å². The smallest absolute Gasteiger partial charge is 0.323 e. The minimum absolute atomic E-state index is 0.0701. The average molecular weight is 249 g/mol. The first-order chi connectivity index (χ1) is 8.15. The van der Waals surface area contributed by atoms with Crippen molar-refractivity contribution in [3.63, 3.8) is 0 Å². The molecule has 0 unspecified atom stereocenters. The molecule has 0 aromatic heterocycles. The van der Waals surface area contributed by atoms with Gasteiger partial charge in [-0.25, -0.2) is 0 Å². The fraction of sp³-hybridized carbons (Fsp3) is 0.0833. The summed E-state index contributed by atoms with van der Waals surface area (Å²) < 4.78 is 0. The van der Waals surface area contributed by atoms with Crippen molar-refractivity contribution in [2.45, 2.75) is 0 Å². The third-order valence-corrected chi connectivity index (χ3v) is 3.03. The van der Waals surface area contributed by atoms with Gasteiger partial charge in [0.1, 0.15) is 12.3 Å². The number of phenols is 1. The Morgan fingerprint density at radius 3 is 2.94 bits per heavy atom. The highest BCUT2D eigenvalue weighted by atomic mass is 32.2. The maximum atomic E-state index is 10.6. The number of benzene rings is 1. The molecule has 0 amide bonds. The lowest BCUT2D eigenvalue weighted by atomic mass is 10.2. The molecule has 1 aliphatic heterocycles. The first kappa shape index (κ1) is 11.6. The molecule has 0 saturated heterocycles. The Hall–Kier alpha value is -1.88. The molecule has 0 atom stereocenters. The third-order valence-electron chi connectivity index (χ3n) is 2.18. The molecule has 0 aliphatic carbocycles. The van der Waals surface area contributed by atoms with Crippen molar-refractivity contribution in [1.82, 2.24) is 4.90 Å². The lowest BCUT2D eigenvalue weighted by Crippen LogP contribution is -2.20. The Bertz CT molecular complexity index is 496. The van der Waals surface area contributed by atoms with Crippen molar-refractivity contribution in [1.29, 1.82) is 0 Å². The number of hydrogen-bond acceptors (Lipinski definition) is 4. The van der Waals surface area contributed by atoms with Gasteiger partial charge in [-0.2, -0.15) is 0 Å². The van der Waals surface area contributed by atoms with Gasteiger partial charge in [0.2, 0.25) is 0 Å². The van der Waals surface area contributed by atoms with Gasteiger partial charge in [0.05, 0.1) is 0 Å². The normalized spacial score (nSPS) is 14.6. The standard InChI is InChI=1S/C12H11NO3S/c14-10-3-1-2-9(6-10)11-7-13(4-5-17-11)8-12(15)16/h1-7,14H,8H2,(H,15,16). The monoisotopic (exact) mass is 249 g/mol. The fourth-order valence-electron chi connectivity index (χ4n) is 1.46. The van der Waals surface area contributed by atoms with Crippen LogP contribution in [0.4, 0.5) is 0 Å². The van der Waals surface area contributed by atoms with Crippen LogP contribution in [0.1, 0.15) is 5.56 Å². The maximum Gasteiger partial charge on any atom is 0.323 e. The number of hydrogen-bond donors (Lipinski definition) is 2. The first-order valence-corrected chi connectivity index (χ1v) is 5.85. The SMILES string of the molecule is O=C(O)CN1C=CSC(c2cccc(O)c2)=C1. The molecule has 4 nitrogen and oxygen atoms in total. The fourth-order valence-corrected chi connectivity index (χ4v) is 2.29. The Morgan fingerprint density at radius 1 is 1.41 bits per heavy atom. The predicted octanol–water partition coefficient (Wildman–Crippen LogP) is 2.30. The second-order valence-corrected chi connectivity index (χ2v) is 4.46. The number of rotatable bonds is 3. The third kappa shape index (κ3) is 3.04. The highest BCUT2D eigenvalue weighted by Crippen LogP contribution is 2.33. The molecule has 5 heteroatoms. The van der Waals surface area contributed by atoms with E-state index in [-0.39, 0.29) is 12.3 Å². The van der Waals surface area contributed by atoms with Gasteiger partial charge in [0, 0.05) is 17.3 Å². The predicted molar refractivity (Wildman–Crippen MR) is 67.2 cm³/mol. The summed E-state index contributed by atoms with van der Waals surface area (Å²) in [6.45, 7) is -0.0701. The summed E-state index contributed by atoms with van der Waals surface area (Å²) in [5.41, 5.74) is 0.870. The molecule has 1 heterocycles. The highest BCUT2D eigenvalue weighted by molar-refractivity contribution is 8.10. The molecule has 88 valence electrons. The van der Waals surface area contributed by atoms with E-state index in [4.69, 9.17) is 5.11 Å². The van der Waals surface area contributed by atoms with Gasteiger partial charge in [-0.15, -0.1) is 0 Å². The molecule has 0 radical (unpaired) electrons. The van der Waals surface area contributed by atoms with E-state index < -0.39 is 5.97 Å². The van der Waals surface area contributed by atoms with Crippen LogP contribution in [0.5, 0.6) is 5.75 Å². The van der Waals surface area contributed by atoms with Crippen LogP contribution in [0.3, 0.4) is 0 Å². The van der Waals surface area contributed by atoms with E-state index in [0.29, 0.717) is 0 Å². The van der Waals surface area contributed by atoms with E-state index in [2.05, 4.69) is 0 Å². The number of phenolic OH excluding ortho intramolecular Hbond substituents is 1. The van der Waals surface area contributed by atoms with Gasteiger partial charge in [0.25, 0.3) is 0 Å². The number of aromatic hydroxyl groups is 1. The summed E-state index contributed by atoms with van der Waals surface area (Å²) in [6, 6.07) is 6.88. The molecule has 0 bridgehead atoms. The van der Waals surface area contributed by atoms with Crippen LogP contribution < -0.4 is 0 Å². The quantitative estimate of drug-likeness (QED) is 0.860. The molecule has 0 fully saturated rings. The molecule has 1 aliphatic rings. The van der Waals surface area contributed by atoms with Gasteiger partial charge in [-0.3, -0.25) is 4.79 Å². The lowest BCUT2D eigenvalue weighted by molar-refractivity contribution is -0.137. The Labute approximate surface area is 103 Å². The zero-order chi connectivity index (χ0) is 12.3. The molecule has 0 saturated carbocycles. The van der Waals surface area contributed by atoms with E-state index in [1.165, 1.54) is 11.8 Å². The summed E-state index contributed by atoms with van der Waals surface area (Å²) in [7, 11) is 0. The van der Waals surface area contributed by atoms with Crippen LogP contribution in [0, 0.1) is 0 Å². The van der Waals surface area contributed by atoms with Crippen molar-refractivity contribution in [2.75, 3.05) is 6.54 Å². The Kier molecular flexibility index (Phi) is 3.39. The van der Waals surface area contributed by atoms with Gasteiger partial charge in [-0.05, 0) is 23.1 Å². The van der Waals surface area contributed by atoms with E-state index in [0.717, 1.165) is 10.5 Å². The average Bonchev–Trinajstić information content (AvgIpc) is 2.28. The summed E-state index contributed by atoms with van der Waals surface area (Å²) >= 11 is 1.49. The van der Waals surface area contributed by atoms with Crippen molar-refractivity contribution in [2.24, 2.45) is 0 Å². The van der Waals surface area contributed by atoms with Crippen LogP contribution in [-0.4, -0.2) is 27.6 Å². The minimum Gasteiger partial charge on any atom is -0.508 e. The van der Waals surface area contributed by atoms with E-state index >= 15 is 0 Å². The Balaban J connectivity index is 2.21. The summed E-state index contributed by atoms with van der Waals surface area (Å²) in [5.74, 6) is -0.684. The van der Waals surface area contributed by atoms with E-state index in [9.17, 15) is 9.90 Å². The molecular weight excluding hydrogens is 238 g/mol. The number of nitrogens with zero attached hydrogens (tertiary/aromatic N) is 1. The second-order valence-electron chi connectivity index (χ2n) is 3.51. The molecule has 1 aromatic rings. The molecular formula is C12H11NO3S. The number of carboxylic acids is 1. The van der Waals surface area contributed by atoms with Crippen LogP contribution in [0.2, 0.25) is 0 Å². The van der Waals surface area contributed by atoms with Crippen molar-refractivity contribution < 1.29 is 15.0 Å². The Morgan fingerprint density at radius 2 is 2.24 bits per heavy atom. The van der Waals surface area contributed by atoms with E-state index in [1.807, 2.05) is 11.5 Å². The topological polar surface area (TPSA) is 60.8 Å². The molecule has 0 spiro atoms. The van der Waals surface area contributed by atoms with Crippen molar-refractivity contribution in [3.05, 3.63) is 47.6 Å². The number of carboxylic acid groups (broad SMARTS) is 1. The summed E-state index contributed by atoms with van der Waals surface area (Å²) in [4.78, 5) is 13.1. The zero-order valence-corrected chi connectivity index (χ0v) is 9.72. The van der Waals surface area contributed by atoms with E-state index in [1.54, 1.807) is 35.5 Å². The zero-order valence-electron chi connectivity index (χ0n) is 8.91. The van der Waals surface area contributed by atoms with Crippen LogP contribution in [0.15, 0.2) is 42.1 Å². The molecule has 2 rings (SSSR count). The van der Waals surface area contributed by atoms with Gasteiger partial charge < -0.3 is 15.1 Å². The summed E-state index contributed by atoms with van der Waals surface area (Å²) in [6.07, 6.45) is 3.47. The minimum atomic E-state index is -0.881. The molecule has 17 heavy (non-hydrogen) atoms. The number of aliphatic carboxylic acids is 1. The van der Waals surface area contributed by atoms with Crippen molar-refractivity contribution >= 4 is 22.6 Å². The van der Waals surface area contributed by atoms with Crippen molar-refractivity contribution in [3.8, 4) is 5.75 Å². The number of carbonyl (C=O) groups is 1.